The van der Waals surface area contributed by atoms with Crippen molar-refractivity contribution in [2.75, 3.05) is 19.6 Å². The van der Waals surface area contributed by atoms with E-state index in [-0.39, 0.29) is 23.5 Å². The van der Waals surface area contributed by atoms with E-state index in [1.807, 2.05) is 4.90 Å². The number of hydrogen-bond acceptors (Lipinski definition) is 2. The number of halogens is 1. The number of amides is 2. The van der Waals surface area contributed by atoms with Crippen LogP contribution in [0.3, 0.4) is 0 Å². The number of carbonyl (C=O) groups is 2. The van der Waals surface area contributed by atoms with Crippen molar-refractivity contribution in [2.45, 2.75) is 25.7 Å². The van der Waals surface area contributed by atoms with E-state index >= 15 is 0 Å². The molecule has 124 valence electrons. The Kier molecular flexibility index (Phi) is 6.32. The van der Waals surface area contributed by atoms with Gasteiger partial charge in [0.2, 0.25) is 5.91 Å². The third kappa shape index (κ3) is 5.20. The Balaban J connectivity index is 1.80. The van der Waals surface area contributed by atoms with Gasteiger partial charge in [0.15, 0.2) is 0 Å². The van der Waals surface area contributed by atoms with E-state index in [9.17, 15) is 14.0 Å². The highest BCUT2D eigenvalue weighted by atomic mass is 19.1. The number of piperidine rings is 1. The number of carbonyl (C=O) groups excluding carboxylic acids is 2. The minimum Gasteiger partial charge on any atom is -0.352 e. The molecule has 1 saturated heterocycles. The van der Waals surface area contributed by atoms with Crippen molar-refractivity contribution in [2.24, 2.45) is 5.92 Å². The van der Waals surface area contributed by atoms with Crippen molar-refractivity contribution < 1.29 is 14.0 Å². The summed E-state index contributed by atoms with van der Waals surface area (Å²) in [6.45, 7) is 5.63. The van der Waals surface area contributed by atoms with Gasteiger partial charge in [0, 0.05) is 31.6 Å². The Morgan fingerprint density at radius 3 is 2.78 bits per heavy atom. The Hall–Kier alpha value is -2.17. The number of allylic oxidation sites excluding steroid dienone is 1. The Bertz CT molecular complexity index is 557. The van der Waals surface area contributed by atoms with E-state index < -0.39 is 0 Å². The summed E-state index contributed by atoms with van der Waals surface area (Å²) in [4.78, 5) is 26.0. The van der Waals surface area contributed by atoms with Gasteiger partial charge in [-0.05, 0) is 49.4 Å². The molecule has 1 atom stereocenters. The molecule has 1 aromatic rings. The molecular formula is C18H23FN2O2. The van der Waals surface area contributed by atoms with Gasteiger partial charge in [-0.3, -0.25) is 9.59 Å². The molecule has 0 radical (unpaired) electrons. The second-order valence-corrected chi connectivity index (χ2v) is 5.89. The maximum atomic E-state index is 12.9. The van der Waals surface area contributed by atoms with Crippen molar-refractivity contribution >= 4 is 11.8 Å². The van der Waals surface area contributed by atoms with E-state index in [0.29, 0.717) is 31.5 Å². The van der Waals surface area contributed by atoms with Crippen molar-refractivity contribution in [3.8, 4) is 0 Å². The molecule has 1 heterocycles. The average Bonchev–Trinajstić information content (AvgIpc) is 2.58. The third-order valence-electron chi connectivity index (χ3n) is 4.09. The van der Waals surface area contributed by atoms with Crippen molar-refractivity contribution in [1.29, 1.82) is 0 Å². The van der Waals surface area contributed by atoms with Crippen LogP contribution < -0.4 is 5.32 Å². The number of hydrogen-bond donors (Lipinski definition) is 1. The number of nitrogens with one attached hydrogen (secondary N) is 1. The van der Waals surface area contributed by atoms with Crippen LogP contribution in [0.5, 0.6) is 0 Å². The molecule has 0 saturated carbocycles. The highest BCUT2D eigenvalue weighted by Crippen LogP contribution is 2.17. The highest BCUT2D eigenvalue weighted by Gasteiger charge is 2.23. The fourth-order valence-electron chi connectivity index (χ4n) is 2.78. The molecule has 1 fully saturated rings. The molecule has 2 amide bonds. The van der Waals surface area contributed by atoms with E-state index in [1.54, 1.807) is 6.08 Å². The third-order valence-corrected chi connectivity index (χ3v) is 4.09. The van der Waals surface area contributed by atoms with Gasteiger partial charge in [-0.25, -0.2) is 4.39 Å². The minimum atomic E-state index is -0.359. The van der Waals surface area contributed by atoms with Crippen molar-refractivity contribution in [3.05, 3.63) is 48.3 Å². The summed E-state index contributed by atoms with van der Waals surface area (Å²) < 4.78 is 12.9. The zero-order valence-corrected chi connectivity index (χ0v) is 13.3. The van der Waals surface area contributed by atoms with Gasteiger partial charge >= 0.3 is 0 Å². The topological polar surface area (TPSA) is 49.4 Å². The van der Waals surface area contributed by atoms with Crippen LogP contribution in [0.25, 0.3) is 0 Å². The largest absolute Gasteiger partial charge is 0.352 e. The molecule has 1 N–H and O–H groups in total. The van der Waals surface area contributed by atoms with Gasteiger partial charge in [-0.2, -0.15) is 0 Å². The van der Waals surface area contributed by atoms with Gasteiger partial charge in [-0.15, -0.1) is 6.58 Å². The lowest BCUT2D eigenvalue weighted by molar-refractivity contribution is -0.132. The molecule has 0 aliphatic carbocycles. The summed E-state index contributed by atoms with van der Waals surface area (Å²) in [5.41, 5.74) is 0.445. The predicted molar refractivity (Wildman–Crippen MR) is 87.5 cm³/mol. The summed E-state index contributed by atoms with van der Waals surface area (Å²) in [6, 6.07) is 5.48. The average molecular weight is 318 g/mol. The van der Waals surface area contributed by atoms with Crippen LogP contribution in [0, 0.1) is 11.7 Å². The summed E-state index contributed by atoms with van der Waals surface area (Å²) in [6.07, 6.45) is 4.90. The highest BCUT2D eigenvalue weighted by molar-refractivity contribution is 5.94. The number of nitrogens with zero attached hydrogens (tertiary/aromatic N) is 1. The summed E-state index contributed by atoms with van der Waals surface area (Å²) >= 11 is 0. The molecule has 0 aromatic heterocycles. The number of benzene rings is 1. The Morgan fingerprint density at radius 1 is 1.35 bits per heavy atom. The lowest BCUT2D eigenvalue weighted by Crippen LogP contribution is -2.43. The Morgan fingerprint density at radius 2 is 2.09 bits per heavy atom. The molecule has 0 unspecified atom stereocenters. The molecule has 0 bridgehead atoms. The fraction of sp³-hybridized carbons (Fsp3) is 0.444. The van der Waals surface area contributed by atoms with E-state index in [2.05, 4.69) is 11.9 Å². The van der Waals surface area contributed by atoms with Gasteiger partial charge in [-0.1, -0.05) is 6.08 Å². The molecular weight excluding hydrogens is 295 g/mol. The molecule has 23 heavy (non-hydrogen) atoms. The van der Waals surface area contributed by atoms with Gasteiger partial charge in [0.25, 0.3) is 5.91 Å². The van der Waals surface area contributed by atoms with Crippen LogP contribution in [-0.4, -0.2) is 36.3 Å². The quantitative estimate of drug-likeness (QED) is 0.820. The molecule has 4 nitrogen and oxygen atoms in total. The first-order chi connectivity index (χ1) is 11.1. The molecule has 1 aromatic carbocycles. The first-order valence-corrected chi connectivity index (χ1v) is 8.02. The van der Waals surface area contributed by atoms with Crippen LogP contribution in [-0.2, 0) is 4.79 Å². The maximum Gasteiger partial charge on any atom is 0.251 e. The van der Waals surface area contributed by atoms with Crippen molar-refractivity contribution in [3.63, 3.8) is 0 Å². The summed E-state index contributed by atoms with van der Waals surface area (Å²) in [5, 5.41) is 2.88. The maximum absolute atomic E-state index is 12.9. The summed E-state index contributed by atoms with van der Waals surface area (Å²) in [5.74, 6) is -0.150. The zero-order chi connectivity index (χ0) is 16.7. The molecule has 0 spiro atoms. The van der Waals surface area contributed by atoms with Gasteiger partial charge in [0.1, 0.15) is 5.82 Å². The van der Waals surface area contributed by atoms with Gasteiger partial charge in [0.05, 0.1) is 0 Å². The normalized spacial score (nSPS) is 17.6. The lowest BCUT2D eigenvalue weighted by atomic mass is 9.97. The molecule has 1 aliphatic rings. The predicted octanol–water partition coefficient (Wildman–Crippen LogP) is 2.76. The molecule has 5 heteroatoms. The van der Waals surface area contributed by atoms with E-state index in [0.717, 1.165) is 19.4 Å². The van der Waals surface area contributed by atoms with Gasteiger partial charge < -0.3 is 10.2 Å². The fourth-order valence-corrected chi connectivity index (χ4v) is 2.78. The van der Waals surface area contributed by atoms with E-state index in [1.165, 1.54) is 24.3 Å². The molecule has 1 aliphatic heterocycles. The van der Waals surface area contributed by atoms with Crippen LogP contribution in [0.4, 0.5) is 4.39 Å². The van der Waals surface area contributed by atoms with Crippen LogP contribution in [0.2, 0.25) is 0 Å². The van der Waals surface area contributed by atoms with Crippen molar-refractivity contribution in [1.82, 2.24) is 10.2 Å². The standard InChI is InChI=1S/C18H23FN2O2/c1-2-3-6-17(22)21-11-4-5-14(13-21)12-20-18(23)15-7-9-16(19)10-8-15/h2,7-10,14H,1,3-6,11-13H2,(H,20,23)/t14-/m1/s1. The minimum absolute atomic E-state index is 0.152. The lowest BCUT2D eigenvalue weighted by Gasteiger charge is -2.33. The first-order valence-electron chi connectivity index (χ1n) is 8.02. The van der Waals surface area contributed by atoms with E-state index in [4.69, 9.17) is 0 Å². The van der Waals surface area contributed by atoms with Crippen LogP contribution in [0.15, 0.2) is 36.9 Å². The first kappa shape index (κ1) is 17.2. The number of likely N-dealkylation sites (tertiary alicyclic amines) is 1. The molecule has 2 rings (SSSR count). The Labute approximate surface area is 136 Å². The SMILES string of the molecule is C=CCCC(=O)N1CCC[C@H](CNC(=O)c2ccc(F)cc2)C1. The number of rotatable bonds is 6. The monoisotopic (exact) mass is 318 g/mol. The van der Waals surface area contributed by atoms with Crippen LogP contribution in [0.1, 0.15) is 36.0 Å². The summed E-state index contributed by atoms with van der Waals surface area (Å²) in [7, 11) is 0. The smallest absolute Gasteiger partial charge is 0.251 e. The second kappa shape index (κ2) is 8.46. The zero-order valence-electron chi connectivity index (χ0n) is 13.3. The second-order valence-electron chi connectivity index (χ2n) is 5.89. The van der Waals surface area contributed by atoms with Crippen LogP contribution >= 0.6 is 0 Å².